The molecule has 0 saturated heterocycles. The standard InChI is InChI=1S/C24H32N4O2Si/c1-6-31(7-2,8-3)24-26-15-20(27(24)4)23(29)21-22-18(13-14-25-21)17-11-9-10-12-19(17)28(22)16-30-5/h9-15,23,29H,6-8,16H2,1-5H3. The first-order valence-corrected chi connectivity index (χ1v) is 13.7. The third-order valence-corrected chi connectivity index (χ3v) is 12.5. The van der Waals surface area contributed by atoms with Crippen molar-refractivity contribution in [2.45, 2.75) is 51.7 Å². The normalized spacial score (nSPS) is 13.4. The summed E-state index contributed by atoms with van der Waals surface area (Å²) >= 11 is 0. The third kappa shape index (κ3) is 3.31. The summed E-state index contributed by atoms with van der Waals surface area (Å²) in [6.45, 7) is 7.21. The molecular weight excluding hydrogens is 404 g/mol. The van der Waals surface area contributed by atoms with E-state index in [1.807, 2.05) is 31.4 Å². The summed E-state index contributed by atoms with van der Waals surface area (Å²) in [5, 5.41) is 13.7. The van der Waals surface area contributed by atoms with Crippen LogP contribution >= 0.6 is 0 Å². The van der Waals surface area contributed by atoms with Gasteiger partial charge in [0.25, 0.3) is 0 Å². The van der Waals surface area contributed by atoms with Gasteiger partial charge in [0.1, 0.15) is 20.9 Å². The molecule has 6 nitrogen and oxygen atoms in total. The number of methoxy groups -OCH3 is 1. The van der Waals surface area contributed by atoms with E-state index in [2.05, 4.69) is 47.0 Å². The number of fused-ring (bicyclic) bond motifs is 3. The van der Waals surface area contributed by atoms with Crippen molar-refractivity contribution in [3.63, 3.8) is 0 Å². The van der Waals surface area contributed by atoms with Crippen LogP contribution in [-0.4, -0.2) is 39.4 Å². The Morgan fingerprint density at radius 1 is 1.03 bits per heavy atom. The van der Waals surface area contributed by atoms with E-state index in [4.69, 9.17) is 9.72 Å². The highest BCUT2D eigenvalue weighted by atomic mass is 28.3. The molecule has 0 saturated carbocycles. The van der Waals surface area contributed by atoms with Gasteiger partial charge in [-0.15, -0.1) is 0 Å². The number of ether oxygens (including phenoxy) is 1. The molecule has 4 aromatic rings. The molecule has 7 heteroatoms. The number of pyridine rings is 1. The fraction of sp³-hybridized carbons (Fsp3) is 0.417. The summed E-state index contributed by atoms with van der Waals surface area (Å²) < 4.78 is 9.72. The smallest absolute Gasteiger partial charge is 0.139 e. The van der Waals surface area contributed by atoms with Gasteiger partial charge in [-0.3, -0.25) is 4.98 Å². The number of benzene rings is 1. The maximum atomic E-state index is 11.5. The van der Waals surface area contributed by atoms with Gasteiger partial charge in [-0.05, 0) is 12.1 Å². The minimum absolute atomic E-state index is 0.392. The Morgan fingerprint density at radius 3 is 2.42 bits per heavy atom. The molecular formula is C24H32N4O2Si. The first kappa shape index (κ1) is 21.7. The Labute approximate surface area is 184 Å². The third-order valence-electron chi connectivity index (χ3n) is 7.03. The maximum absolute atomic E-state index is 11.5. The number of hydrogen-bond donors (Lipinski definition) is 1. The molecule has 0 aliphatic rings. The lowest BCUT2D eigenvalue weighted by atomic mass is 10.1. The van der Waals surface area contributed by atoms with Crippen LogP contribution in [0, 0.1) is 0 Å². The number of rotatable bonds is 8. The van der Waals surface area contributed by atoms with Gasteiger partial charge in [0.15, 0.2) is 0 Å². The molecule has 0 amide bonds. The molecule has 1 aromatic carbocycles. The number of para-hydroxylation sites is 1. The fourth-order valence-electron chi connectivity index (χ4n) is 5.03. The van der Waals surface area contributed by atoms with Crippen molar-refractivity contribution >= 4 is 35.3 Å². The molecule has 0 bridgehead atoms. The average Bonchev–Trinajstić information content (AvgIpc) is 3.34. The lowest BCUT2D eigenvalue weighted by Crippen LogP contribution is -2.50. The van der Waals surface area contributed by atoms with Crippen LogP contribution < -0.4 is 5.45 Å². The Hall–Kier alpha value is -2.48. The minimum atomic E-state index is -1.67. The second-order valence-electron chi connectivity index (χ2n) is 8.26. The number of aliphatic hydroxyl groups excluding tert-OH is 1. The number of nitrogens with zero attached hydrogens (tertiary/aromatic N) is 4. The fourth-order valence-corrected chi connectivity index (χ4v) is 8.65. The molecule has 1 atom stereocenters. The van der Waals surface area contributed by atoms with Crippen LogP contribution in [0.25, 0.3) is 21.8 Å². The zero-order valence-corrected chi connectivity index (χ0v) is 20.1. The summed E-state index contributed by atoms with van der Waals surface area (Å²) in [4.78, 5) is 9.47. The van der Waals surface area contributed by atoms with Crippen molar-refractivity contribution in [1.29, 1.82) is 0 Å². The van der Waals surface area contributed by atoms with E-state index in [0.29, 0.717) is 12.4 Å². The molecule has 0 radical (unpaired) electrons. The highest BCUT2D eigenvalue weighted by Gasteiger charge is 2.35. The summed E-state index contributed by atoms with van der Waals surface area (Å²) in [7, 11) is 2.05. The van der Waals surface area contributed by atoms with E-state index in [1.54, 1.807) is 13.3 Å². The van der Waals surface area contributed by atoms with E-state index in [-0.39, 0.29) is 0 Å². The summed E-state index contributed by atoms with van der Waals surface area (Å²) in [6.07, 6.45) is 2.75. The molecule has 4 rings (SSSR count). The van der Waals surface area contributed by atoms with Crippen molar-refractivity contribution in [3.8, 4) is 0 Å². The quantitative estimate of drug-likeness (QED) is 0.418. The Balaban J connectivity index is 1.91. The molecule has 0 spiro atoms. The monoisotopic (exact) mass is 436 g/mol. The van der Waals surface area contributed by atoms with Crippen molar-refractivity contribution < 1.29 is 9.84 Å². The SMILES string of the molecule is CC[Si](CC)(CC)c1ncc(C(O)c2nccc3c4ccccc4n(COC)c23)n1C. The number of aromatic nitrogens is 4. The molecule has 0 fully saturated rings. The van der Waals surface area contributed by atoms with Crippen LogP contribution in [0.2, 0.25) is 18.1 Å². The zero-order chi connectivity index (χ0) is 22.2. The second-order valence-corrected chi connectivity index (χ2v) is 13.4. The summed E-state index contributed by atoms with van der Waals surface area (Å²) in [6, 6.07) is 13.7. The molecule has 3 aromatic heterocycles. The van der Waals surface area contributed by atoms with Crippen LogP contribution in [-0.2, 0) is 18.5 Å². The largest absolute Gasteiger partial charge is 0.380 e. The lowest BCUT2D eigenvalue weighted by molar-refractivity contribution is 0.137. The van der Waals surface area contributed by atoms with Crippen LogP contribution in [0.3, 0.4) is 0 Å². The predicted octanol–water partition coefficient (Wildman–Crippen LogP) is 4.32. The van der Waals surface area contributed by atoms with Crippen molar-refractivity contribution in [2.75, 3.05) is 7.11 Å². The number of imidazole rings is 1. The van der Waals surface area contributed by atoms with Gasteiger partial charge >= 0.3 is 0 Å². The van der Waals surface area contributed by atoms with E-state index < -0.39 is 14.2 Å². The molecule has 0 aliphatic heterocycles. The molecule has 3 heterocycles. The van der Waals surface area contributed by atoms with E-state index in [0.717, 1.165) is 45.6 Å². The Bertz CT molecular complexity index is 1200. The second kappa shape index (κ2) is 8.57. The molecule has 1 unspecified atom stereocenters. The number of hydrogen-bond acceptors (Lipinski definition) is 4. The maximum Gasteiger partial charge on any atom is 0.139 e. The van der Waals surface area contributed by atoms with E-state index in [1.165, 1.54) is 5.45 Å². The van der Waals surface area contributed by atoms with Crippen molar-refractivity contribution in [1.82, 2.24) is 19.1 Å². The summed E-state index contributed by atoms with van der Waals surface area (Å²) in [5.74, 6) is 0. The predicted molar refractivity (Wildman–Crippen MR) is 128 cm³/mol. The van der Waals surface area contributed by atoms with Crippen molar-refractivity contribution in [2.24, 2.45) is 7.05 Å². The first-order valence-electron chi connectivity index (χ1n) is 11.1. The topological polar surface area (TPSA) is 65.1 Å². The van der Waals surface area contributed by atoms with Gasteiger partial charge < -0.3 is 19.0 Å². The molecule has 0 aliphatic carbocycles. The minimum Gasteiger partial charge on any atom is -0.380 e. The van der Waals surface area contributed by atoms with Crippen LogP contribution in [0.15, 0.2) is 42.7 Å². The van der Waals surface area contributed by atoms with Gasteiger partial charge in [-0.25, -0.2) is 4.98 Å². The number of aliphatic hydroxyl groups is 1. The Morgan fingerprint density at radius 2 is 1.74 bits per heavy atom. The Kier molecular flexibility index (Phi) is 6.01. The van der Waals surface area contributed by atoms with Gasteiger partial charge in [0.05, 0.1) is 34.1 Å². The zero-order valence-electron chi connectivity index (χ0n) is 19.1. The van der Waals surface area contributed by atoms with E-state index >= 15 is 0 Å². The van der Waals surface area contributed by atoms with Gasteiger partial charge in [0.2, 0.25) is 0 Å². The molecule has 1 N–H and O–H groups in total. The van der Waals surface area contributed by atoms with Gasteiger partial charge in [-0.2, -0.15) is 0 Å². The highest BCUT2D eigenvalue weighted by molar-refractivity contribution is 6.90. The van der Waals surface area contributed by atoms with E-state index in [9.17, 15) is 5.11 Å². The highest BCUT2D eigenvalue weighted by Crippen LogP contribution is 2.34. The van der Waals surface area contributed by atoms with Crippen LogP contribution in [0.1, 0.15) is 38.3 Å². The lowest BCUT2D eigenvalue weighted by Gasteiger charge is -2.27. The van der Waals surface area contributed by atoms with Gasteiger partial charge in [-0.1, -0.05) is 57.1 Å². The molecule has 164 valence electrons. The average molecular weight is 437 g/mol. The van der Waals surface area contributed by atoms with Crippen LogP contribution in [0.4, 0.5) is 0 Å². The molecule has 31 heavy (non-hydrogen) atoms. The summed E-state index contributed by atoms with van der Waals surface area (Å²) in [5.41, 5.74) is 4.57. The van der Waals surface area contributed by atoms with Gasteiger partial charge in [0, 0.05) is 31.1 Å². The van der Waals surface area contributed by atoms with Crippen molar-refractivity contribution in [3.05, 3.63) is 54.1 Å². The first-order chi connectivity index (χ1) is 15.0. The van der Waals surface area contributed by atoms with Crippen LogP contribution in [0.5, 0.6) is 0 Å².